The van der Waals surface area contributed by atoms with Crippen molar-refractivity contribution in [1.29, 1.82) is 5.26 Å². The predicted octanol–water partition coefficient (Wildman–Crippen LogP) is 2.39. The molecule has 0 atom stereocenters. The molecule has 2 amide bonds. The SMILES string of the molecule is CCC1(CC)CC(=O)N(C2(C#N)CCCC2)C1=O. The molecule has 1 saturated heterocycles. The number of likely N-dealkylation sites (tertiary alicyclic amines) is 1. The van der Waals surface area contributed by atoms with Gasteiger partial charge in [0, 0.05) is 6.42 Å². The Morgan fingerprint density at radius 2 is 1.78 bits per heavy atom. The van der Waals surface area contributed by atoms with E-state index >= 15 is 0 Å². The van der Waals surface area contributed by atoms with Gasteiger partial charge in [-0.05, 0) is 38.5 Å². The molecule has 2 fully saturated rings. The van der Waals surface area contributed by atoms with Crippen LogP contribution in [0.25, 0.3) is 0 Å². The number of rotatable bonds is 3. The highest BCUT2D eigenvalue weighted by Crippen LogP contribution is 2.46. The summed E-state index contributed by atoms with van der Waals surface area (Å²) in [6.45, 7) is 3.90. The molecule has 0 N–H and O–H groups in total. The van der Waals surface area contributed by atoms with Crippen LogP contribution in [0.1, 0.15) is 58.8 Å². The van der Waals surface area contributed by atoms with Crippen LogP contribution >= 0.6 is 0 Å². The molecule has 1 saturated carbocycles. The predicted molar refractivity (Wildman–Crippen MR) is 66.3 cm³/mol. The molecule has 0 aromatic heterocycles. The van der Waals surface area contributed by atoms with Gasteiger partial charge < -0.3 is 0 Å². The summed E-state index contributed by atoms with van der Waals surface area (Å²) in [5, 5.41) is 9.43. The minimum Gasteiger partial charge on any atom is -0.274 e. The van der Waals surface area contributed by atoms with Crippen LogP contribution in [-0.4, -0.2) is 22.3 Å². The van der Waals surface area contributed by atoms with Gasteiger partial charge in [-0.1, -0.05) is 13.8 Å². The Labute approximate surface area is 108 Å². The fourth-order valence-corrected chi connectivity index (χ4v) is 3.38. The zero-order chi connectivity index (χ0) is 13.4. The second kappa shape index (κ2) is 4.38. The molecule has 1 heterocycles. The van der Waals surface area contributed by atoms with E-state index in [-0.39, 0.29) is 18.2 Å². The first-order valence-corrected chi connectivity index (χ1v) is 6.84. The number of nitrogens with zero attached hydrogens (tertiary/aromatic N) is 2. The van der Waals surface area contributed by atoms with Crippen LogP contribution in [0, 0.1) is 16.7 Å². The summed E-state index contributed by atoms with van der Waals surface area (Å²) in [5.41, 5.74) is -1.40. The van der Waals surface area contributed by atoms with Crippen molar-refractivity contribution in [2.45, 2.75) is 64.3 Å². The van der Waals surface area contributed by atoms with E-state index in [9.17, 15) is 14.9 Å². The van der Waals surface area contributed by atoms with Gasteiger partial charge in [-0.2, -0.15) is 5.26 Å². The van der Waals surface area contributed by atoms with Crippen molar-refractivity contribution in [3.63, 3.8) is 0 Å². The van der Waals surface area contributed by atoms with Gasteiger partial charge in [-0.3, -0.25) is 14.5 Å². The van der Waals surface area contributed by atoms with Crippen LogP contribution in [0.3, 0.4) is 0 Å². The van der Waals surface area contributed by atoms with Crippen molar-refractivity contribution < 1.29 is 9.59 Å². The Kier molecular flexibility index (Phi) is 3.18. The second-order valence-corrected chi connectivity index (χ2v) is 5.55. The van der Waals surface area contributed by atoms with E-state index in [2.05, 4.69) is 6.07 Å². The molecule has 1 aliphatic heterocycles. The third kappa shape index (κ3) is 1.57. The summed E-state index contributed by atoms with van der Waals surface area (Å²) in [6.07, 6.45) is 4.77. The molecular weight excluding hydrogens is 228 g/mol. The van der Waals surface area contributed by atoms with E-state index in [1.807, 2.05) is 13.8 Å². The third-order valence-corrected chi connectivity index (χ3v) is 4.82. The highest BCUT2D eigenvalue weighted by molar-refractivity contribution is 6.07. The maximum atomic E-state index is 12.6. The molecule has 0 radical (unpaired) electrons. The van der Waals surface area contributed by atoms with E-state index in [1.54, 1.807) is 0 Å². The maximum absolute atomic E-state index is 12.6. The van der Waals surface area contributed by atoms with Crippen LogP contribution in [-0.2, 0) is 9.59 Å². The molecule has 4 nitrogen and oxygen atoms in total. The van der Waals surface area contributed by atoms with Crippen LogP contribution in [0.4, 0.5) is 0 Å². The summed E-state index contributed by atoms with van der Waals surface area (Å²) in [4.78, 5) is 26.1. The van der Waals surface area contributed by atoms with Gasteiger partial charge in [0.15, 0.2) is 0 Å². The molecule has 1 aliphatic carbocycles. The van der Waals surface area contributed by atoms with Gasteiger partial charge in [0.2, 0.25) is 11.8 Å². The lowest BCUT2D eigenvalue weighted by Crippen LogP contribution is -2.50. The number of amides is 2. The van der Waals surface area contributed by atoms with E-state index < -0.39 is 11.0 Å². The van der Waals surface area contributed by atoms with Crippen LogP contribution < -0.4 is 0 Å². The molecule has 2 rings (SSSR count). The monoisotopic (exact) mass is 248 g/mol. The largest absolute Gasteiger partial charge is 0.274 e. The molecule has 0 bridgehead atoms. The first-order chi connectivity index (χ1) is 8.55. The lowest BCUT2D eigenvalue weighted by Gasteiger charge is -2.32. The van der Waals surface area contributed by atoms with Crippen molar-refractivity contribution in [3.05, 3.63) is 0 Å². The van der Waals surface area contributed by atoms with Gasteiger partial charge in [-0.25, -0.2) is 0 Å². The Bertz CT molecular complexity index is 412. The summed E-state index contributed by atoms with van der Waals surface area (Å²) >= 11 is 0. The summed E-state index contributed by atoms with van der Waals surface area (Å²) in [7, 11) is 0. The normalized spacial score (nSPS) is 25.5. The van der Waals surface area contributed by atoms with Crippen molar-refractivity contribution >= 4 is 11.8 Å². The summed E-state index contributed by atoms with van der Waals surface area (Å²) < 4.78 is 0. The molecule has 2 aliphatic rings. The van der Waals surface area contributed by atoms with Gasteiger partial charge in [-0.15, -0.1) is 0 Å². The van der Waals surface area contributed by atoms with Gasteiger partial charge in [0.05, 0.1) is 11.5 Å². The number of carbonyl (C=O) groups excluding carboxylic acids is 2. The first kappa shape index (κ1) is 13.1. The molecule has 0 unspecified atom stereocenters. The molecule has 0 spiro atoms. The Morgan fingerprint density at radius 3 is 2.17 bits per heavy atom. The molecule has 4 heteroatoms. The minimum atomic E-state index is -0.847. The number of carbonyl (C=O) groups is 2. The van der Waals surface area contributed by atoms with Crippen molar-refractivity contribution in [3.8, 4) is 6.07 Å². The fraction of sp³-hybridized carbons (Fsp3) is 0.786. The van der Waals surface area contributed by atoms with Gasteiger partial charge >= 0.3 is 0 Å². The van der Waals surface area contributed by atoms with Crippen LogP contribution in [0.5, 0.6) is 0 Å². The molecular formula is C14H20N2O2. The third-order valence-electron chi connectivity index (χ3n) is 4.82. The average molecular weight is 248 g/mol. The number of nitriles is 1. The van der Waals surface area contributed by atoms with E-state index in [0.717, 1.165) is 12.8 Å². The first-order valence-electron chi connectivity index (χ1n) is 6.84. The standard InChI is InChI=1S/C14H20N2O2/c1-3-13(4-2)9-11(17)16(12(13)18)14(10-15)7-5-6-8-14/h3-9H2,1-2H3. The topological polar surface area (TPSA) is 61.2 Å². The van der Waals surface area contributed by atoms with Gasteiger partial charge in [0.25, 0.3) is 0 Å². The molecule has 18 heavy (non-hydrogen) atoms. The Balaban J connectivity index is 2.38. The van der Waals surface area contributed by atoms with E-state index in [0.29, 0.717) is 25.7 Å². The number of hydrogen-bond acceptors (Lipinski definition) is 3. The molecule has 98 valence electrons. The van der Waals surface area contributed by atoms with Crippen LogP contribution in [0.2, 0.25) is 0 Å². The van der Waals surface area contributed by atoms with Crippen molar-refractivity contribution in [2.75, 3.05) is 0 Å². The molecule has 0 aromatic carbocycles. The van der Waals surface area contributed by atoms with Crippen molar-refractivity contribution in [2.24, 2.45) is 5.41 Å². The summed E-state index contributed by atoms with van der Waals surface area (Å²) in [5.74, 6) is -0.256. The van der Waals surface area contributed by atoms with E-state index in [1.165, 1.54) is 4.90 Å². The van der Waals surface area contributed by atoms with Crippen molar-refractivity contribution in [1.82, 2.24) is 4.90 Å². The van der Waals surface area contributed by atoms with Crippen LogP contribution in [0.15, 0.2) is 0 Å². The highest BCUT2D eigenvalue weighted by Gasteiger charge is 2.57. The lowest BCUT2D eigenvalue weighted by molar-refractivity contribution is -0.146. The zero-order valence-corrected chi connectivity index (χ0v) is 11.2. The fourth-order valence-electron chi connectivity index (χ4n) is 3.38. The lowest BCUT2D eigenvalue weighted by atomic mass is 9.80. The summed E-state index contributed by atoms with van der Waals surface area (Å²) in [6, 6.07) is 2.25. The highest BCUT2D eigenvalue weighted by atomic mass is 16.2. The molecule has 0 aromatic rings. The van der Waals surface area contributed by atoms with E-state index in [4.69, 9.17) is 0 Å². The quantitative estimate of drug-likeness (QED) is 0.720. The number of hydrogen-bond donors (Lipinski definition) is 0. The Morgan fingerprint density at radius 1 is 1.22 bits per heavy atom. The maximum Gasteiger partial charge on any atom is 0.237 e. The minimum absolute atomic E-state index is 0.110. The Hall–Kier alpha value is -1.37. The smallest absolute Gasteiger partial charge is 0.237 e. The zero-order valence-electron chi connectivity index (χ0n) is 11.2. The van der Waals surface area contributed by atoms with Gasteiger partial charge in [0.1, 0.15) is 5.54 Å². The average Bonchev–Trinajstić information content (AvgIpc) is 2.94. The second-order valence-electron chi connectivity index (χ2n) is 5.55. The number of imide groups is 1.